The molecule has 6 nitrogen and oxygen atoms in total. The molecule has 19 heavy (non-hydrogen) atoms. The Kier molecular flexibility index (Phi) is 2.24. The first kappa shape index (κ1) is 11.5. The Morgan fingerprint density at radius 3 is 2.63 bits per heavy atom. The summed E-state index contributed by atoms with van der Waals surface area (Å²) in [7, 11) is 0. The van der Waals surface area contributed by atoms with E-state index in [4.69, 9.17) is 14.6 Å². The van der Waals surface area contributed by atoms with Gasteiger partial charge in [0, 0.05) is 0 Å². The minimum Gasteiger partial charge on any atom is -0.424 e. The standard InChI is InChI=1S/C10H5F3N4O2/c11-10(12,13)4-1-2-5-7(16-9(14)19-5)6(4)8-17-15-3-18-8/h1-3H,(H2,14,16). The van der Waals surface area contributed by atoms with E-state index in [1.165, 1.54) is 0 Å². The zero-order valence-electron chi connectivity index (χ0n) is 9.10. The van der Waals surface area contributed by atoms with Crippen LogP contribution in [-0.4, -0.2) is 15.2 Å². The van der Waals surface area contributed by atoms with Gasteiger partial charge in [0.2, 0.25) is 12.3 Å². The molecule has 0 atom stereocenters. The number of halogens is 3. The molecule has 0 saturated heterocycles. The van der Waals surface area contributed by atoms with Gasteiger partial charge in [-0.3, -0.25) is 0 Å². The summed E-state index contributed by atoms with van der Waals surface area (Å²) in [4.78, 5) is 3.73. The first-order chi connectivity index (χ1) is 8.97. The van der Waals surface area contributed by atoms with Crippen molar-refractivity contribution >= 4 is 17.1 Å². The maximum atomic E-state index is 13.0. The lowest BCUT2D eigenvalue weighted by molar-refractivity contribution is -0.137. The quantitative estimate of drug-likeness (QED) is 0.730. The van der Waals surface area contributed by atoms with Crippen molar-refractivity contribution in [3.05, 3.63) is 24.1 Å². The third-order valence-corrected chi connectivity index (χ3v) is 2.46. The van der Waals surface area contributed by atoms with Gasteiger partial charge < -0.3 is 14.6 Å². The van der Waals surface area contributed by atoms with E-state index >= 15 is 0 Å². The summed E-state index contributed by atoms with van der Waals surface area (Å²) in [5, 5.41) is 6.84. The number of nitrogen functional groups attached to an aromatic ring is 1. The molecule has 3 rings (SSSR count). The normalized spacial score (nSPS) is 12.2. The monoisotopic (exact) mass is 270 g/mol. The lowest BCUT2D eigenvalue weighted by Crippen LogP contribution is -2.07. The van der Waals surface area contributed by atoms with Crippen molar-refractivity contribution in [2.24, 2.45) is 0 Å². The number of oxazole rings is 1. The summed E-state index contributed by atoms with van der Waals surface area (Å²) in [6.45, 7) is 0. The van der Waals surface area contributed by atoms with Crippen LogP contribution in [0.25, 0.3) is 22.6 Å². The number of alkyl halides is 3. The van der Waals surface area contributed by atoms with E-state index in [9.17, 15) is 13.2 Å². The Labute approximate surface area is 103 Å². The van der Waals surface area contributed by atoms with Crippen LogP contribution in [0.3, 0.4) is 0 Å². The highest BCUT2D eigenvalue weighted by Gasteiger charge is 2.37. The number of hydrogen-bond acceptors (Lipinski definition) is 6. The van der Waals surface area contributed by atoms with Gasteiger partial charge in [-0.05, 0) is 12.1 Å². The number of fused-ring (bicyclic) bond motifs is 1. The average Bonchev–Trinajstić information content (AvgIpc) is 2.92. The second-order valence-corrected chi connectivity index (χ2v) is 3.63. The van der Waals surface area contributed by atoms with Crippen LogP contribution < -0.4 is 5.73 Å². The molecule has 9 heteroatoms. The molecule has 3 aromatic rings. The molecule has 0 amide bonds. The molecule has 0 aliphatic carbocycles. The Balaban J connectivity index is 2.41. The molecule has 0 fully saturated rings. The number of nitrogens with two attached hydrogens (primary N) is 1. The highest BCUT2D eigenvalue weighted by Crippen LogP contribution is 2.40. The van der Waals surface area contributed by atoms with Crippen molar-refractivity contribution in [3.8, 4) is 11.5 Å². The fourth-order valence-electron chi connectivity index (χ4n) is 1.75. The van der Waals surface area contributed by atoms with Gasteiger partial charge in [-0.15, -0.1) is 10.2 Å². The lowest BCUT2D eigenvalue weighted by atomic mass is 10.1. The van der Waals surface area contributed by atoms with Gasteiger partial charge in [-0.2, -0.15) is 18.2 Å². The third kappa shape index (κ3) is 1.79. The minimum absolute atomic E-state index is 0.0726. The lowest BCUT2D eigenvalue weighted by Gasteiger charge is -2.09. The molecule has 0 bridgehead atoms. The van der Waals surface area contributed by atoms with Crippen molar-refractivity contribution in [1.29, 1.82) is 0 Å². The molecule has 2 N–H and O–H groups in total. The topological polar surface area (TPSA) is 91.0 Å². The molecular weight excluding hydrogens is 265 g/mol. The van der Waals surface area contributed by atoms with Crippen molar-refractivity contribution in [3.63, 3.8) is 0 Å². The van der Waals surface area contributed by atoms with Gasteiger partial charge in [0.25, 0.3) is 6.01 Å². The number of benzene rings is 1. The Morgan fingerprint density at radius 1 is 1.21 bits per heavy atom. The molecule has 2 aromatic heterocycles. The van der Waals surface area contributed by atoms with Crippen molar-refractivity contribution in [2.45, 2.75) is 6.18 Å². The van der Waals surface area contributed by atoms with Crippen LogP contribution >= 0.6 is 0 Å². The Morgan fingerprint density at radius 2 is 2.00 bits per heavy atom. The van der Waals surface area contributed by atoms with Gasteiger partial charge in [0.15, 0.2) is 5.58 Å². The maximum Gasteiger partial charge on any atom is 0.417 e. The van der Waals surface area contributed by atoms with Gasteiger partial charge in [0.1, 0.15) is 5.52 Å². The van der Waals surface area contributed by atoms with E-state index in [0.717, 1.165) is 18.5 Å². The zero-order chi connectivity index (χ0) is 13.6. The summed E-state index contributed by atoms with van der Waals surface area (Å²) in [5.74, 6) is -0.300. The summed E-state index contributed by atoms with van der Waals surface area (Å²) in [5.41, 5.74) is 4.09. The predicted octanol–water partition coefficient (Wildman–Crippen LogP) is 2.48. The van der Waals surface area contributed by atoms with E-state index in [2.05, 4.69) is 15.2 Å². The molecular formula is C10H5F3N4O2. The number of anilines is 1. The van der Waals surface area contributed by atoms with Crippen molar-refractivity contribution in [1.82, 2.24) is 15.2 Å². The third-order valence-electron chi connectivity index (χ3n) is 2.46. The number of aromatic nitrogens is 3. The largest absolute Gasteiger partial charge is 0.424 e. The van der Waals surface area contributed by atoms with Crippen LogP contribution in [0.4, 0.5) is 19.2 Å². The van der Waals surface area contributed by atoms with E-state index in [-0.39, 0.29) is 28.6 Å². The minimum atomic E-state index is -4.59. The summed E-state index contributed by atoms with van der Waals surface area (Å²) < 4.78 is 48.8. The second kappa shape index (κ2) is 3.70. The van der Waals surface area contributed by atoms with Crippen molar-refractivity contribution < 1.29 is 22.0 Å². The van der Waals surface area contributed by atoms with Crippen LogP contribution in [0.2, 0.25) is 0 Å². The first-order valence-corrected chi connectivity index (χ1v) is 4.99. The summed E-state index contributed by atoms with van der Waals surface area (Å²) in [6, 6.07) is 1.75. The molecule has 0 aliphatic heterocycles. The van der Waals surface area contributed by atoms with Crippen LogP contribution in [0.15, 0.2) is 27.4 Å². The van der Waals surface area contributed by atoms with Crippen molar-refractivity contribution in [2.75, 3.05) is 5.73 Å². The highest BCUT2D eigenvalue weighted by atomic mass is 19.4. The fourth-order valence-corrected chi connectivity index (χ4v) is 1.75. The van der Waals surface area contributed by atoms with Crippen LogP contribution in [-0.2, 0) is 6.18 Å². The Bertz CT molecular complexity index is 733. The molecule has 0 spiro atoms. The van der Waals surface area contributed by atoms with E-state index < -0.39 is 11.7 Å². The van der Waals surface area contributed by atoms with Gasteiger partial charge in [-0.25, -0.2) is 0 Å². The second-order valence-electron chi connectivity index (χ2n) is 3.63. The first-order valence-electron chi connectivity index (χ1n) is 4.99. The SMILES string of the molecule is Nc1nc2c(-c3nnco3)c(C(F)(F)F)ccc2o1. The van der Waals surface area contributed by atoms with E-state index in [0.29, 0.717) is 0 Å². The average molecular weight is 270 g/mol. The van der Waals surface area contributed by atoms with Crippen LogP contribution in [0.1, 0.15) is 5.56 Å². The van der Waals surface area contributed by atoms with E-state index in [1.807, 2.05) is 0 Å². The number of nitrogens with zero attached hydrogens (tertiary/aromatic N) is 3. The number of hydrogen-bond donors (Lipinski definition) is 1. The molecule has 0 radical (unpaired) electrons. The molecule has 2 heterocycles. The molecule has 98 valence electrons. The summed E-state index contributed by atoms with van der Waals surface area (Å²) in [6.07, 6.45) is -3.66. The smallest absolute Gasteiger partial charge is 0.417 e. The maximum absolute atomic E-state index is 13.0. The van der Waals surface area contributed by atoms with Gasteiger partial charge in [-0.1, -0.05) is 0 Å². The summed E-state index contributed by atoms with van der Waals surface area (Å²) >= 11 is 0. The van der Waals surface area contributed by atoms with Crippen LogP contribution in [0, 0.1) is 0 Å². The molecule has 1 aromatic carbocycles. The number of rotatable bonds is 1. The van der Waals surface area contributed by atoms with Crippen LogP contribution in [0.5, 0.6) is 0 Å². The Hall–Kier alpha value is -2.58. The molecule has 0 unspecified atom stereocenters. The molecule has 0 aliphatic rings. The molecule has 0 saturated carbocycles. The predicted molar refractivity (Wildman–Crippen MR) is 56.7 cm³/mol. The zero-order valence-corrected chi connectivity index (χ0v) is 9.10. The highest BCUT2D eigenvalue weighted by molar-refractivity contribution is 5.91. The fraction of sp³-hybridized carbons (Fsp3) is 0.100. The van der Waals surface area contributed by atoms with E-state index in [1.54, 1.807) is 0 Å². The van der Waals surface area contributed by atoms with Gasteiger partial charge in [0.05, 0.1) is 11.1 Å². The van der Waals surface area contributed by atoms with Gasteiger partial charge >= 0.3 is 6.18 Å².